The van der Waals surface area contributed by atoms with E-state index in [-0.39, 0.29) is 123 Å². The molecule has 0 aromatic rings. The van der Waals surface area contributed by atoms with Crippen LogP contribution in [0.4, 0.5) is 33.6 Å². The Kier molecular flexibility index (Phi) is 56.1. The van der Waals surface area contributed by atoms with Gasteiger partial charge in [-0.15, -0.1) is 11.6 Å². The van der Waals surface area contributed by atoms with Gasteiger partial charge in [0, 0.05) is 77.2 Å². The van der Waals surface area contributed by atoms with Crippen molar-refractivity contribution in [1.82, 2.24) is 54.3 Å². The lowest BCUT2D eigenvalue weighted by atomic mass is 10.1. The molecule has 11 amide bonds. The molecule has 0 aromatic heterocycles. The fourth-order valence-corrected chi connectivity index (χ4v) is 15.4. The number of Topliss-reactive ketones (excluding diaryl/α,β-unsaturated/α-hetero) is 1. The van der Waals surface area contributed by atoms with Gasteiger partial charge in [0.2, 0.25) is 17.7 Å². The van der Waals surface area contributed by atoms with E-state index in [0.717, 1.165) is 21.1 Å². The smallest absolute Gasteiger partial charge is 0.418 e. The highest BCUT2D eigenvalue weighted by Gasteiger charge is 2.51. The molecule has 3 N–H and O–H groups in total. The number of esters is 5. The molecule has 0 aliphatic carbocycles. The molecule has 45 heteroatoms. The Bertz CT molecular complexity index is 4300. The molecule has 13 atom stereocenters. The van der Waals surface area contributed by atoms with E-state index in [1.807, 2.05) is 100 Å². The summed E-state index contributed by atoms with van der Waals surface area (Å²) in [4.78, 5) is 225. The van der Waals surface area contributed by atoms with Gasteiger partial charge >= 0.3 is 78.5 Å². The van der Waals surface area contributed by atoms with Crippen LogP contribution >= 0.6 is 11.6 Å². The molecular weight excluding hydrogens is 1940 g/mol. The number of nitrogens with one attached hydrogen (secondary N) is 1. The van der Waals surface area contributed by atoms with Gasteiger partial charge in [0.1, 0.15) is 75.5 Å². The molecule has 0 aromatic carbocycles. The molecule has 8 heterocycles. The highest BCUT2D eigenvalue weighted by Crippen LogP contribution is 2.34. The number of ketones is 1. The molecule has 0 radical (unpaired) electrons. The number of methoxy groups -OCH3 is 1. The fraction of sp³-hybridized carbons (Fsp3) is 0.804. The van der Waals surface area contributed by atoms with E-state index in [2.05, 4.69) is 33.0 Å². The largest absolute Gasteiger partial charge is 0.480 e. The van der Waals surface area contributed by atoms with E-state index in [0.29, 0.717) is 82.3 Å². The number of hydrogen-bond acceptors (Lipinski definition) is 35. The van der Waals surface area contributed by atoms with Gasteiger partial charge in [0.05, 0.1) is 63.7 Å². The molecule has 0 saturated carbocycles. The number of alkyl halides is 1. The van der Waals surface area contributed by atoms with Crippen LogP contribution in [0.15, 0.2) is 11.8 Å². The molecule has 0 unspecified atom stereocenters. The van der Waals surface area contributed by atoms with Crippen LogP contribution in [0.2, 0.25) is 0 Å². The average molecular weight is 2120 g/mol. The van der Waals surface area contributed by atoms with E-state index in [1.165, 1.54) is 21.8 Å². The predicted molar refractivity (Wildman–Crippen MR) is 544 cm³/mol. The highest BCUT2D eigenvalue weighted by molar-refractivity contribution is 6.28. The lowest BCUT2D eigenvalue weighted by molar-refractivity contribution is -0.179. The molecule has 0 bridgehead atoms. The third-order valence-corrected chi connectivity index (χ3v) is 21.1. The van der Waals surface area contributed by atoms with Crippen molar-refractivity contribution in [2.75, 3.05) is 114 Å². The number of carbonyl (C=O) groups excluding carboxylic acids is 17. The van der Waals surface area contributed by atoms with E-state index in [1.54, 1.807) is 169 Å². The summed E-state index contributed by atoms with van der Waals surface area (Å²) in [7, 11) is 12.9. The van der Waals surface area contributed by atoms with Crippen molar-refractivity contribution in [2.24, 2.45) is 29.6 Å². The third kappa shape index (κ3) is 51.1. The van der Waals surface area contributed by atoms with Gasteiger partial charge in [-0.05, 0) is 291 Å². The van der Waals surface area contributed by atoms with Gasteiger partial charge in [-0.3, -0.25) is 48.5 Å². The number of aliphatic hydroxyl groups is 1. The number of imide groups is 3. The van der Waals surface area contributed by atoms with Crippen LogP contribution < -0.4 is 5.32 Å². The molecule has 8 saturated heterocycles. The predicted octanol–water partition coefficient (Wildman–Crippen LogP) is 13.3. The van der Waals surface area contributed by atoms with E-state index >= 15 is 0 Å². The zero-order chi connectivity index (χ0) is 115. The molecule has 8 rings (SSSR count). The van der Waals surface area contributed by atoms with Crippen molar-refractivity contribution in [2.45, 2.75) is 392 Å². The standard InChI is InChI=1S/C15H24N2O5.C13H21NO5.C12H20ClNO3.C12H19NO5.C12H21NO4.C11H19NO4.C11H21NO3.C9H22N2O.C7H11NO3/c1-7-21-13(19)11-8-10(9-16(5)6)12(18)17(11)14(20)22-15(2,3)4;1-6-18-11(16)9-7-8(2)10(15)14(9)12(17)19-13(3,4)5;1-8-5-9(10(15)6-13)14(7-8)11(16)17-12(2,3)4;1-5-17-10(15)8-6-7-9(14)13(8)11(16)18-12(2,3)4;1-8-6-9(10(14)16-5)13(7-8)11(15)17-12(2,3)4;1-7-5-8(9(13)14)12(6-7)10(15)16-11(2,3)4;1-8-5-9(7-13)12(6-8)10(14)15-11(2,3)4;1-9(2,3)12-8(10(4)5)11(6)7;1-2-11-7(10)5-3-4-6(9)8-5/h9,11H,7-8H2,1-6H3;8-9H,6-7H2,1-5H3;8-9H,5-7H2,1-4H3;8H,5-7H2,1-4H3;8-9H,6-7H2,1-5H3;7-8H,5-6H2,1-4H3,(H,13,14);8-9,13H,5-7H2,1-4H3;8H,1-7H3;5H,2-4H2,1H3,(H,8,9)/b10-9+;;;;;;;;/t11-;2*8-,9-;8-;8-,9-;7-,8-;8-,9-;;5-/m1111111.1/s1. The summed E-state index contributed by atoms with van der Waals surface area (Å²) < 4.78 is 66.4. The molecule has 0 spiro atoms. The summed E-state index contributed by atoms with van der Waals surface area (Å²) in [5.74, 6) is -4.11. The van der Waals surface area contributed by atoms with Gasteiger partial charge < -0.3 is 86.9 Å². The Morgan fingerprint density at radius 1 is 0.408 bits per heavy atom. The molecule has 8 aliphatic heterocycles. The second-order valence-corrected chi connectivity index (χ2v) is 45.8. The Hall–Kier alpha value is -10.5. The Balaban J connectivity index is 0.00000164. The summed E-state index contributed by atoms with van der Waals surface area (Å²) in [6.07, 6.45) is 2.00. The number of hydrogen-bond donors (Lipinski definition) is 3. The zero-order valence-corrected chi connectivity index (χ0v) is 96.0. The monoisotopic (exact) mass is 2120 g/mol. The van der Waals surface area contributed by atoms with Crippen LogP contribution in [0.5, 0.6) is 0 Å². The van der Waals surface area contributed by atoms with Crippen molar-refractivity contribution in [3.8, 4) is 0 Å². The quantitative estimate of drug-likeness (QED) is 0.0400. The maximum atomic E-state index is 12.4. The third-order valence-electron chi connectivity index (χ3n) is 20.9. The summed E-state index contributed by atoms with van der Waals surface area (Å²) >= 11 is 5.55. The highest BCUT2D eigenvalue weighted by atomic mass is 35.5. The number of carboxylic acid groups (broad SMARTS) is 1. The number of amides is 11. The van der Waals surface area contributed by atoms with Crippen LogP contribution in [0, 0.1) is 29.6 Å². The molecule has 8 fully saturated rings. The summed E-state index contributed by atoms with van der Waals surface area (Å²) in [6.45, 7) is 62.8. The van der Waals surface area contributed by atoms with E-state index < -0.39 is 160 Å². The van der Waals surface area contributed by atoms with Crippen molar-refractivity contribution < 1.29 is 158 Å². The summed E-state index contributed by atoms with van der Waals surface area (Å²) in [5, 5.41) is 20.7. The maximum Gasteiger partial charge on any atom is 0.418 e. The second kappa shape index (κ2) is 60.4. The van der Waals surface area contributed by atoms with Gasteiger partial charge in [0.15, 0.2) is 12.1 Å². The maximum absolute atomic E-state index is 12.4. The van der Waals surface area contributed by atoms with Gasteiger partial charge in [-0.1, -0.05) is 34.6 Å². The first-order chi connectivity index (χ1) is 67.0. The second-order valence-electron chi connectivity index (χ2n) is 45.5. The molecule has 8 aliphatic rings. The number of carboxylic acids is 1. The van der Waals surface area contributed by atoms with Crippen molar-refractivity contribution >= 4 is 119 Å². The topological polar surface area (TPSA) is 512 Å². The van der Waals surface area contributed by atoms with Crippen LogP contribution in [0.3, 0.4) is 0 Å². The SMILES string of the molecule is CCOC(=O)[C@H]1C/C(=C\N(C)C)C(=O)N1C(=O)OC(C)(C)C.CCOC(=O)[C@H]1CCC(=O)N1.CCOC(=O)[C@H]1CCC(=O)N1C(=O)OC(C)(C)C.CCOC(=O)[C@H]1C[C@@H](C)C(=O)N1C(=O)OC(C)(C)C.CN(C)C(OC(C)(C)C)N(C)C.COC(=O)[C@H]1C[C@@H](C)CN1C(=O)OC(C)(C)C.C[C@@H]1C[C@H](C(=O)CCl)N(C(=O)OC(C)(C)C)C1.C[C@@H]1C[C@H](C(=O)O)N(C(=O)OC(C)(C)C)C1.C[C@@H]1C[C@H](CO)N(C(=O)OC(C)(C)C)C1. The van der Waals surface area contributed by atoms with Crippen LogP contribution in [0.25, 0.3) is 0 Å². The molecule has 44 nitrogen and oxygen atoms in total. The lowest BCUT2D eigenvalue weighted by Gasteiger charge is -2.35. The van der Waals surface area contributed by atoms with Crippen molar-refractivity contribution in [3.05, 3.63) is 11.8 Å². The van der Waals surface area contributed by atoms with E-state index in [9.17, 15) is 86.3 Å². The summed E-state index contributed by atoms with van der Waals surface area (Å²) in [6, 6.07) is -4.86. The van der Waals surface area contributed by atoms with Crippen LogP contribution in [-0.2, 0) is 114 Å². The normalized spacial score (nSPS) is 22.6. The number of ether oxygens (including phenoxy) is 13. The number of carbonyl (C=O) groups is 18. The number of aliphatic hydroxyl groups excluding tert-OH is 1. The number of rotatable bonds is 17. The number of aliphatic carboxylic acids is 1. The average Bonchev–Trinajstić information content (AvgIpc) is 1.64. The Morgan fingerprint density at radius 3 is 1.10 bits per heavy atom. The molecular formula is C102H178ClN11O33. The number of likely N-dealkylation sites (tertiary alicyclic amines) is 7. The van der Waals surface area contributed by atoms with E-state index in [4.69, 9.17) is 83.4 Å². The van der Waals surface area contributed by atoms with Gasteiger partial charge in [-0.2, -0.15) is 0 Å². The number of nitrogens with zero attached hydrogens (tertiary/aromatic N) is 10. The Morgan fingerprint density at radius 2 is 0.748 bits per heavy atom. The first kappa shape index (κ1) is 137. The van der Waals surface area contributed by atoms with Crippen LogP contribution in [-0.4, -0.2) is 381 Å². The molecule has 147 heavy (non-hydrogen) atoms. The minimum atomic E-state index is -0.978. The lowest BCUT2D eigenvalue weighted by Crippen LogP contribution is -2.46. The fourth-order valence-electron chi connectivity index (χ4n) is 15.2. The first-order valence-corrected chi connectivity index (χ1v) is 50.5. The van der Waals surface area contributed by atoms with Gasteiger partial charge in [0.25, 0.3) is 5.91 Å². The zero-order valence-electron chi connectivity index (χ0n) is 95.2. The first-order valence-electron chi connectivity index (χ1n) is 50.0. The minimum absolute atomic E-state index is 0.0174. The van der Waals surface area contributed by atoms with Crippen molar-refractivity contribution in [3.63, 3.8) is 0 Å². The van der Waals surface area contributed by atoms with Crippen molar-refractivity contribution in [1.29, 1.82) is 0 Å². The van der Waals surface area contributed by atoms with Gasteiger partial charge in [-0.25, -0.2) is 77.0 Å². The molecule has 846 valence electrons. The number of halogens is 1. The Labute approximate surface area is 875 Å². The summed E-state index contributed by atoms with van der Waals surface area (Å²) in [5.41, 5.74) is -4.07. The minimum Gasteiger partial charge on any atom is -0.480 e. The van der Waals surface area contributed by atoms with Crippen LogP contribution in [0.1, 0.15) is 293 Å².